The van der Waals surface area contributed by atoms with Crippen LogP contribution in [0, 0.1) is 0 Å². The Hall–Kier alpha value is 2.22. The third kappa shape index (κ3) is 22.5. The van der Waals surface area contributed by atoms with Gasteiger partial charge in [0, 0.05) is 79.5 Å². The largest absolute Gasteiger partial charge is 0 e. The molecule has 5 heteroatoms. The molecule has 0 aliphatic heterocycles. The van der Waals surface area contributed by atoms with E-state index in [9.17, 15) is 0 Å². The molecule has 0 aromatic rings. The summed E-state index contributed by atoms with van der Waals surface area (Å²) in [6.45, 7) is 0. The predicted molar refractivity (Wildman–Crippen MR) is 17.3 cm³/mol. The van der Waals surface area contributed by atoms with E-state index in [2.05, 4.69) is 0 Å². The zero-order valence-electron chi connectivity index (χ0n) is 2.56. The SMILES string of the molecule is [Al].[B].[Mo].[Si].[Ti]. The van der Waals surface area contributed by atoms with Crippen LogP contribution >= 0.6 is 0 Å². The van der Waals surface area contributed by atoms with Gasteiger partial charge in [-0.15, -0.1) is 0 Å². The molecule has 0 saturated heterocycles. The van der Waals surface area contributed by atoms with E-state index < -0.39 is 0 Å². The molecule has 0 aromatic heterocycles. The van der Waals surface area contributed by atoms with Gasteiger partial charge < -0.3 is 0 Å². The first-order chi connectivity index (χ1) is 0. The number of hydrogen-bond donors (Lipinski definition) is 0. The van der Waals surface area contributed by atoms with Crippen LogP contribution in [0.5, 0.6) is 0 Å². The van der Waals surface area contributed by atoms with Crippen molar-refractivity contribution in [2.24, 2.45) is 0 Å². The van der Waals surface area contributed by atoms with Crippen LogP contribution < -0.4 is 0 Å². The number of hydrogen-bond acceptors (Lipinski definition) is 0. The van der Waals surface area contributed by atoms with E-state index in [4.69, 9.17) is 0 Å². The summed E-state index contributed by atoms with van der Waals surface area (Å²) in [6, 6.07) is 0. The van der Waals surface area contributed by atoms with Gasteiger partial charge in [-0.2, -0.15) is 0 Å². The van der Waals surface area contributed by atoms with Crippen molar-refractivity contribution >= 4 is 36.7 Å². The molecule has 0 spiro atoms. The van der Waals surface area contributed by atoms with E-state index in [1.165, 1.54) is 0 Å². The van der Waals surface area contributed by atoms with E-state index in [1.807, 2.05) is 0 Å². The minimum absolute atomic E-state index is 0. The van der Waals surface area contributed by atoms with Crippen LogP contribution in [0.15, 0.2) is 0 Å². The minimum atomic E-state index is 0. The van der Waals surface area contributed by atoms with Crippen LogP contribution in [-0.2, 0) is 42.8 Å². The van der Waals surface area contributed by atoms with Crippen molar-refractivity contribution in [1.82, 2.24) is 0 Å². The van der Waals surface area contributed by atoms with Gasteiger partial charge in [-0.25, -0.2) is 0 Å². The molecule has 10 radical (unpaired) electrons. The Morgan fingerprint density at radius 2 is 1.00 bits per heavy atom. The summed E-state index contributed by atoms with van der Waals surface area (Å²) in [5.74, 6) is 0. The summed E-state index contributed by atoms with van der Waals surface area (Å²) in [6.07, 6.45) is 0. The molecular weight excluding hydrogens is 210 g/mol. The summed E-state index contributed by atoms with van der Waals surface area (Å²) in [4.78, 5) is 0. The molecule has 0 rings (SSSR count). The topological polar surface area (TPSA) is 0 Å². The molecule has 0 unspecified atom stereocenters. The maximum absolute atomic E-state index is 0. The van der Waals surface area contributed by atoms with Crippen molar-refractivity contribution in [3.8, 4) is 0 Å². The molecule has 0 aromatic carbocycles. The van der Waals surface area contributed by atoms with Gasteiger partial charge in [-0.3, -0.25) is 0 Å². The van der Waals surface area contributed by atoms with Crippen molar-refractivity contribution in [1.29, 1.82) is 0 Å². The fraction of sp³-hybridized carbons (Fsp3) is 0. The average molecular weight is 210 g/mol. The normalized spacial score (nSPS) is 0. The molecule has 0 aliphatic rings. The van der Waals surface area contributed by atoms with Crippen molar-refractivity contribution < 1.29 is 42.8 Å². The first kappa shape index (κ1) is 56.8. The zero-order chi connectivity index (χ0) is 0. The van der Waals surface area contributed by atoms with Gasteiger partial charge in [0.15, 0.2) is 0 Å². The van der Waals surface area contributed by atoms with Gasteiger partial charge in [0.05, 0.1) is 0 Å². The Bertz CT molecular complexity index is 11.6. The second-order valence-corrected chi connectivity index (χ2v) is 0. The third-order valence-corrected chi connectivity index (χ3v) is 0. The first-order valence-electron chi connectivity index (χ1n) is 0. The Balaban J connectivity index is 0. The monoisotopic (exact) mass is 212 g/mol. The van der Waals surface area contributed by atoms with Crippen LogP contribution in [0.1, 0.15) is 0 Å². The van der Waals surface area contributed by atoms with Crippen LogP contribution in [0.2, 0.25) is 0 Å². The van der Waals surface area contributed by atoms with Gasteiger partial charge in [0.2, 0.25) is 0 Å². The maximum Gasteiger partial charge on any atom is 0 e. The van der Waals surface area contributed by atoms with Crippen LogP contribution in [0.4, 0.5) is 0 Å². The van der Waals surface area contributed by atoms with E-state index in [-0.39, 0.29) is 79.5 Å². The molecule has 0 atom stereocenters. The molecule has 0 heterocycles. The summed E-state index contributed by atoms with van der Waals surface area (Å²) in [5, 5.41) is 0. The average Bonchev–Trinajstić information content (AvgIpc) is 0. The predicted octanol–water partition coefficient (Wildman–Crippen LogP) is -1.15. The molecule has 0 nitrogen and oxygen atoms in total. The van der Waals surface area contributed by atoms with Crippen LogP contribution in [-0.4, -0.2) is 36.7 Å². The van der Waals surface area contributed by atoms with Gasteiger partial charge in [0.1, 0.15) is 0 Å². The van der Waals surface area contributed by atoms with Crippen molar-refractivity contribution in [2.45, 2.75) is 0 Å². The summed E-state index contributed by atoms with van der Waals surface area (Å²) < 4.78 is 0. The van der Waals surface area contributed by atoms with Crippen molar-refractivity contribution in [3.05, 3.63) is 0 Å². The summed E-state index contributed by atoms with van der Waals surface area (Å²) in [5.41, 5.74) is 0. The Kier molecular flexibility index (Phi) is 391. The van der Waals surface area contributed by atoms with Gasteiger partial charge in [0.25, 0.3) is 0 Å². The quantitative estimate of drug-likeness (QED) is 0.443. The molecule has 0 bridgehead atoms. The first-order valence-corrected chi connectivity index (χ1v) is 0. The van der Waals surface area contributed by atoms with E-state index >= 15 is 0 Å². The summed E-state index contributed by atoms with van der Waals surface area (Å²) >= 11 is 0. The fourth-order valence-corrected chi connectivity index (χ4v) is 0. The van der Waals surface area contributed by atoms with Crippen LogP contribution in [0.25, 0.3) is 0 Å². The Morgan fingerprint density at radius 3 is 1.00 bits per heavy atom. The van der Waals surface area contributed by atoms with Gasteiger partial charge in [-0.1, -0.05) is 0 Å². The second-order valence-electron chi connectivity index (χ2n) is 0. The second kappa shape index (κ2) is 34.4. The van der Waals surface area contributed by atoms with Crippen LogP contribution in [0.3, 0.4) is 0 Å². The van der Waals surface area contributed by atoms with E-state index in [0.717, 1.165) is 0 Å². The molecule has 5 heavy (non-hydrogen) atoms. The summed E-state index contributed by atoms with van der Waals surface area (Å²) in [7, 11) is 0. The Labute approximate surface area is 78.7 Å². The fourth-order valence-electron chi connectivity index (χ4n) is 0. The molecular formula is AlBMoSiTi. The molecule has 0 fully saturated rings. The maximum atomic E-state index is 0. The molecule has 0 saturated carbocycles. The molecule has 20 valence electrons. The zero-order valence-corrected chi connectivity index (χ0v) is 8.29. The third-order valence-electron chi connectivity index (χ3n) is 0. The Morgan fingerprint density at radius 1 is 1.00 bits per heavy atom. The van der Waals surface area contributed by atoms with Crippen molar-refractivity contribution in [2.75, 3.05) is 0 Å². The van der Waals surface area contributed by atoms with E-state index in [0.29, 0.717) is 0 Å². The minimum Gasteiger partial charge on any atom is 0 e. The standard InChI is InChI=1S/Al.B.Mo.Si.Ti. The smallest absolute Gasteiger partial charge is 0 e. The molecule has 0 aliphatic carbocycles. The number of rotatable bonds is 0. The van der Waals surface area contributed by atoms with Gasteiger partial charge in [-0.05, 0) is 0 Å². The van der Waals surface area contributed by atoms with Crippen molar-refractivity contribution in [3.63, 3.8) is 0 Å². The van der Waals surface area contributed by atoms with E-state index in [1.54, 1.807) is 0 Å². The van der Waals surface area contributed by atoms with Gasteiger partial charge >= 0.3 is 0 Å². The molecule has 0 amide bonds. The molecule has 0 N–H and O–H groups in total.